The van der Waals surface area contributed by atoms with E-state index in [0.29, 0.717) is 30.8 Å². The Morgan fingerprint density at radius 2 is 1.71 bits per heavy atom. The third-order valence-electron chi connectivity index (χ3n) is 4.81. The molecular formula is C25H29NO5. The molecule has 0 spiro atoms. The molecule has 0 atom stereocenters. The summed E-state index contributed by atoms with van der Waals surface area (Å²) < 4.78 is 16.0. The van der Waals surface area contributed by atoms with Crippen LogP contribution >= 0.6 is 0 Å². The van der Waals surface area contributed by atoms with Gasteiger partial charge in [-0.3, -0.25) is 4.90 Å². The highest BCUT2D eigenvalue weighted by atomic mass is 16.6. The predicted molar refractivity (Wildman–Crippen MR) is 121 cm³/mol. The highest BCUT2D eigenvalue weighted by Crippen LogP contribution is 2.34. The molecule has 3 rings (SSSR count). The molecule has 31 heavy (non-hydrogen) atoms. The van der Waals surface area contributed by atoms with Crippen LogP contribution in [0, 0.1) is 0 Å². The van der Waals surface area contributed by atoms with Crippen LogP contribution in [0.5, 0.6) is 5.75 Å². The highest BCUT2D eigenvalue weighted by molar-refractivity contribution is 5.99. The number of anilines is 1. The van der Waals surface area contributed by atoms with E-state index in [1.807, 2.05) is 70.2 Å². The summed E-state index contributed by atoms with van der Waals surface area (Å²) in [5, 5.41) is 0. The number of ether oxygens (including phenoxy) is 3. The van der Waals surface area contributed by atoms with Crippen LogP contribution in [0.3, 0.4) is 0 Å². The number of amides is 1. The number of benzene rings is 2. The van der Waals surface area contributed by atoms with Gasteiger partial charge >= 0.3 is 12.1 Å². The second kappa shape index (κ2) is 9.25. The van der Waals surface area contributed by atoms with Crippen molar-refractivity contribution in [3.8, 4) is 16.9 Å². The molecule has 0 aliphatic carbocycles. The number of rotatable bonds is 4. The van der Waals surface area contributed by atoms with Crippen molar-refractivity contribution in [3.63, 3.8) is 0 Å². The maximum atomic E-state index is 12.9. The van der Waals surface area contributed by atoms with Gasteiger partial charge in [0.25, 0.3) is 0 Å². The number of hydrogen-bond acceptors (Lipinski definition) is 5. The topological polar surface area (TPSA) is 65.1 Å². The fraction of sp³-hybridized carbons (Fsp3) is 0.360. The standard InChI is InChI=1S/C25H29NO5/c1-6-30-21-10-7-17(8-11-21)18-9-12-22-20(15-18)16-19(23(27)29-5)13-14-26(22)24(28)31-25(2,3)4/h7-12,15-16H,6,13-14H2,1-5H3. The van der Waals surface area contributed by atoms with Crippen molar-refractivity contribution in [3.05, 3.63) is 53.6 Å². The van der Waals surface area contributed by atoms with Gasteiger partial charge in [0, 0.05) is 12.1 Å². The number of fused-ring (bicyclic) bond motifs is 1. The minimum Gasteiger partial charge on any atom is -0.494 e. The first kappa shape index (κ1) is 22.4. The monoisotopic (exact) mass is 423 g/mol. The Balaban J connectivity index is 2.02. The highest BCUT2D eigenvalue weighted by Gasteiger charge is 2.28. The Morgan fingerprint density at radius 3 is 2.32 bits per heavy atom. The number of carbonyl (C=O) groups excluding carboxylic acids is 2. The van der Waals surface area contributed by atoms with Gasteiger partial charge < -0.3 is 14.2 Å². The van der Waals surface area contributed by atoms with Crippen LogP contribution in [0.4, 0.5) is 10.5 Å². The zero-order valence-corrected chi connectivity index (χ0v) is 18.7. The molecule has 6 heteroatoms. The Hall–Kier alpha value is -3.28. The molecule has 6 nitrogen and oxygen atoms in total. The molecule has 0 aromatic heterocycles. The Labute approximate surface area is 183 Å². The number of nitrogens with zero attached hydrogens (tertiary/aromatic N) is 1. The van der Waals surface area contributed by atoms with Crippen molar-refractivity contribution in [1.29, 1.82) is 0 Å². The average molecular weight is 424 g/mol. The smallest absolute Gasteiger partial charge is 0.414 e. The Bertz CT molecular complexity index is 986. The summed E-state index contributed by atoms with van der Waals surface area (Å²) in [6.45, 7) is 8.37. The molecule has 0 unspecified atom stereocenters. The lowest BCUT2D eigenvalue weighted by atomic mass is 10.0. The first-order chi connectivity index (χ1) is 14.7. The van der Waals surface area contributed by atoms with Gasteiger partial charge in [-0.1, -0.05) is 18.2 Å². The summed E-state index contributed by atoms with van der Waals surface area (Å²) in [7, 11) is 1.36. The van der Waals surface area contributed by atoms with Gasteiger partial charge in [0.05, 0.1) is 19.4 Å². The van der Waals surface area contributed by atoms with Crippen molar-refractivity contribution in [2.75, 3.05) is 25.2 Å². The molecule has 2 aromatic carbocycles. The molecule has 2 aromatic rings. The van der Waals surface area contributed by atoms with Gasteiger partial charge in [-0.25, -0.2) is 9.59 Å². The SMILES string of the molecule is CCOc1ccc(-c2ccc3c(c2)C=C(C(=O)OC)CCN3C(=O)OC(C)(C)C)cc1. The van der Waals surface area contributed by atoms with Crippen LogP contribution in [0.2, 0.25) is 0 Å². The van der Waals surface area contributed by atoms with Crippen molar-refractivity contribution in [1.82, 2.24) is 0 Å². The summed E-state index contributed by atoms with van der Waals surface area (Å²) in [6, 6.07) is 13.6. The van der Waals surface area contributed by atoms with Crippen LogP contribution in [0.25, 0.3) is 17.2 Å². The fourth-order valence-electron chi connectivity index (χ4n) is 3.42. The van der Waals surface area contributed by atoms with E-state index in [1.54, 1.807) is 11.0 Å². The molecular weight excluding hydrogens is 394 g/mol. The van der Waals surface area contributed by atoms with E-state index in [4.69, 9.17) is 14.2 Å². The minimum atomic E-state index is -0.621. The number of esters is 1. The lowest BCUT2D eigenvalue weighted by molar-refractivity contribution is -0.136. The van der Waals surface area contributed by atoms with E-state index in [1.165, 1.54) is 7.11 Å². The molecule has 0 radical (unpaired) electrons. The van der Waals surface area contributed by atoms with Crippen molar-refractivity contribution in [2.24, 2.45) is 0 Å². The summed E-state index contributed by atoms with van der Waals surface area (Å²) in [6.07, 6.45) is 1.73. The summed E-state index contributed by atoms with van der Waals surface area (Å²) in [5.74, 6) is 0.411. The van der Waals surface area contributed by atoms with Gasteiger partial charge in [0.1, 0.15) is 11.4 Å². The normalized spacial score (nSPS) is 13.6. The number of carbonyl (C=O) groups is 2. The maximum Gasteiger partial charge on any atom is 0.414 e. The van der Waals surface area contributed by atoms with Gasteiger partial charge in [-0.05, 0) is 81.1 Å². The first-order valence-corrected chi connectivity index (χ1v) is 10.4. The Morgan fingerprint density at radius 1 is 1.03 bits per heavy atom. The van der Waals surface area contributed by atoms with Gasteiger partial charge in [0.2, 0.25) is 0 Å². The lowest BCUT2D eigenvalue weighted by Gasteiger charge is -2.27. The molecule has 164 valence electrons. The van der Waals surface area contributed by atoms with Crippen LogP contribution in [-0.4, -0.2) is 37.9 Å². The summed E-state index contributed by atoms with van der Waals surface area (Å²) in [5.41, 5.74) is 3.32. The molecule has 0 N–H and O–H groups in total. The van der Waals surface area contributed by atoms with Gasteiger partial charge in [-0.15, -0.1) is 0 Å². The van der Waals surface area contributed by atoms with E-state index in [0.717, 1.165) is 22.4 Å². The number of methoxy groups -OCH3 is 1. The predicted octanol–water partition coefficient (Wildman–Crippen LogP) is 5.45. The van der Waals surface area contributed by atoms with Gasteiger partial charge in [0.15, 0.2) is 0 Å². The maximum absolute atomic E-state index is 12.9. The molecule has 1 amide bonds. The second-order valence-corrected chi connectivity index (χ2v) is 8.27. The van der Waals surface area contributed by atoms with Crippen LogP contribution in [-0.2, 0) is 14.3 Å². The zero-order chi connectivity index (χ0) is 22.6. The van der Waals surface area contributed by atoms with E-state index < -0.39 is 17.7 Å². The average Bonchev–Trinajstić information content (AvgIpc) is 2.92. The lowest BCUT2D eigenvalue weighted by Crippen LogP contribution is -2.37. The molecule has 0 saturated heterocycles. The second-order valence-electron chi connectivity index (χ2n) is 8.27. The first-order valence-electron chi connectivity index (χ1n) is 10.4. The molecule has 0 bridgehead atoms. The minimum absolute atomic E-state index is 0.325. The van der Waals surface area contributed by atoms with Crippen LogP contribution in [0.1, 0.15) is 39.7 Å². The van der Waals surface area contributed by atoms with E-state index in [-0.39, 0.29) is 0 Å². The summed E-state index contributed by atoms with van der Waals surface area (Å²) in [4.78, 5) is 26.7. The molecule has 1 heterocycles. The molecule has 0 saturated carbocycles. The molecule has 0 fully saturated rings. The largest absolute Gasteiger partial charge is 0.494 e. The van der Waals surface area contributed by atoms with Crippen molar-refractivity contribution >= 4 is 23.8 Å². The third kappa shape index (κ3) is 5.45. The quantitative estimate of drug-likeness (QED) is 0.612. The van der Waals surface area contributed by atoms with Crippen molar-refractivity contribution < 1.29 is 23.8 Å². The number of hydrogen-bond donors (Lipinski definition) is 0. The molecule has 1 aliphatic heterocycles. The Kier molecular flexibility index (Phi) is 6.68. The van der Waals surface area contributed by atoms with Crippen LogP contribution < -0.4 is 9.64 Å². The zero-order valence-electron chi connectivity index (χ0n) is 18.7. The third-order valence-corrected chi connectivity index (χ3v) is 4.81. The summed E-state index contributed by atoms with van der Waals surface area (Å²) >= 11 is 0. The van der Waals surface area contributed by atoms with E-state index >= 15 is 0 Å². The molecule has 1 aliphatic rings. The van der Waals surface area contributed by atoms with Gasteiger partial charge in [-0.2, -0.15) is 0 Å². The van der Waals surface area contributed by atoms with Crippen LogP contribution in [0.15, 0.2) is 48.0 Å². The van der Waals surface area contributed by atoms with E-state index in [9.17, 15) is 9.59 Å². The van der Waals surface area contributed by atoms with E-state index in [2.05, 4.69) is 0 Å². The fourth-order valence-corrected chi connectivity index (χ4v) is 3.42. The van der Waals surface area contributed by atoms with Crippen molar-refractivity contribution in [2.45, 2.75) is 39.7 Å².